The van der Waals surface area contributed by atoms with Crippen molar-refractivity contribution in [1.82, 2.24) is 0 Å². The van der Waals surface area contributed by atoms with Crippen LogP contribution in [0, 0.1) is 0 Å². The molecule has 6 saturated heterocycles. The molecule has 8 bridgehead atoms. The monoisotopic (exact) mass is 1200 g/mol. The molecule has 6 aliphatic rings. The maximum absolute atomic E-state index is 7.49. The highest BCUT2D eigenvalue weighted by atomic mass is 28.7. The molecule has 0 aromatic carbocycles. The molecule has 37 heteroatoms. The van der Waals surface area contributed by atoms with Crippen LogP contribution in [0.15, 0.2) is 12.8 Å². The van der Waals surface area contributed by atoms with Gasteiger partial charge >= 0.3 is 72.4 Å². The molecule has 6 heterocycles. The largest absolute Gasteiger partial charge is 0.651 e. The number of hydrogen-bond donors (Lipinski definition) is 0. The van der Waals surface area contributed by atoms with E-state index < -0.39 is 139 Å². The molecule has 6 fully saturated rings. The molecule has 0 unspecified atom stereocenters. The Labute approximate surface area is 405 Å². The van der Waals surface area contributed by atoms with E-state index in [4.69, 9.17) is 87.0 Å². The summed E-state index contributed by atoms with van der Waals surface area (Å²) in [4.78, 5) is 0. The van der Waals surface area contributed by atoms with E-state index in [0.717, 1.165) is 0 Å². The average molecular weight is 1200 g/mol. The van der Waals surface area contributed by atoms with E-state index in [9.17, 15) is 0 Å². The zero-order chi connectivity index (χ0) is 49.7. The van der Waals surface area contributed by atoms with E-state index >= 15 is 0 Å². The smallest absolute Gasteiger partial charge is 0.502 e. The molecule has 0 N–H and O–H groups in total. The Morgan fingerprint density at radius 2 is 0.477 bits per heavy atom. The molecule has 6 aliphatic heterocycles. The van der Waals surface area contributed by atoms with E-state index in [1.54, 1.807) is 0 Å². The third-order valence-corrected chi connectivity index (χ3v) is 60.5. The molecule has 0 aromatic rings. The molecular weight excluding hydrogens is 1120 g/mol. The zero-order valence-electron chi connectivity index (χ0n) is 43.0. The van der Waals surface area contributed by atoms with Crippen LogP contribution in [0.1, 0.15) is 6.42 Å². The van der Waals surface area contributed by atoms with Crippen molar-refractivity contribution in [3.8, 4) is 0 Å². The minimum atomic E-state index is -5.12. The summed E-state index contributed by atoms with van der Waals surface area (Å²) in [7, 11) is -63.7. The summed E-state index contributed by atoms with van der Waals surface area (Å²) < 4.78 is 152. The van der Waals surface area contributed by atoms with Gasteiger partial charge in [0.05, 0.1) is 12.9 Å². The fourth-order valence-electron chi connectivity index (χ4n) is 6.52. The molecule has 0 aliphatic carbocycles. The van der Waals surface area contributed by atoms with Crippen molar-refractivity contribution in [2.75, 3.05) is 6.61 Å². The molecule has 21 nitrogen and oxygen atoms in total. The van der Waals surface area contributed by atoms with Crippen molar-refractivity contribution >= 4 is 139 Å². The normalized spacial score (nSPS) is 37.3. The standard InChI is InChI=1S/C28H78O21Si16/c1-25-29-27-26-28-57(23,24)37-65-47-62(34-54(14,15)16)41-59(31-51(5,6)7)38-58(30-50(2,3)4)39-60(43-62,32-52(8,9)10)45-64(49-65,36-56(20,21)22)46-61(40-58,33-53(11,12)13)44-63(42-59,48-65)35-55(17,18)19/h25H,1,26-28H2,2-24H3. The predicted octanol–water partition coefficient (Wildman–Crippen LogP) is 7.47. The van der Waals surface area contributed by atoms with Gasteiger partial charge in [0, 0.05) is 0 Å². The second-order valence-corrected chi connectivity index (χ2v) is 81.7. The van der Waals surface area contributed by atoms with Crippen molar-refractivity contribution in [2.24, 2.45) is 0 Å². The van der Waals surface area contributed by atoms with Gasteiger partial charge in [0.15, 0.2) is 66.5 Å². The van der Waals surface area contributed by atoms with Crippen molar-refractivity contribution in [3.63, 3.8) is 0 Å². The van der Waals surface area contributed by atoms with Gasteiger partial charge in [0.2, 0.25) is 0 Å². The van der Waals surface area contributed by atoms with Gasteiger partial charge in [-0.15, -0.1) is 0 Å². The molecule has 0 radical (unpaired) electrons. The van der Waals surface area contributed by atoms with Gasteiger partial charge in [-0.3, -0.25) is 0 Å². The summed E-state index contributed by atoms with van der Waals surface area (Å²) in [5, 5.41) is 0. The fraction of sp³-hybridized carbons (Fsp3) is 0.929. The van der Waals surface area contributed by atoms with Gasteiger partial charge in [-0.2, -0.15) is 0 Å². The van der Waals surface area contributed by atoms with Crippen LogP contribution in [0.2, 0.25) is 157 Å². The highest BCUT2D eigenvalue weighted by Gasteiger charge is 2.92. The molecular formula is C28H78O21Si16. The summed E-state index contributed by atoms with van der Waals surface area (Å²) in [6.45, 7) is 49.1. The van der Waals surface area contributed by atoms with Gasteiger partial charge in [-0.25, -0.2) is 0 Å². The van der Waals surface area contributed by atoms with Crippen molar-refractivity contribution in [2.45, 2.75) is 163 Å². The SMILES string of the molecule is C=COCCC[Si](C)(C)O[Si]12O[Si]3(O[Si](C)(C)C)O[Si]4(O[Si](C)(C)C)O[Si]5(O[Si](C)(C)C)O[Si](O[Si](C)(C)C)(O3)O[Si](O[Si](C)(C)C)(O[Si](O[Si](C)(C)C)(O5)O[Si](O[Si](C)(C)C)(O4)O1)O2. The minimum absolute atomic E-state index is 0.390. The first kappa shape index (κ1) is 58.1. The van der Waals surface area contributed by atoms with E-state index in [0.29, 0.717) is 19.1 Å². The highest BCUT2D eigenvalue weighted by Crippen LogP contribution is 2.53. The van der Waals surface area contributed by atoms with E-state index in [2.05, 4.69) is 6.58 Å². The maximum Gasteiger partial charge on any atom is 0.651 e. The summed E-state index contributed by atoms with van der Waals surface area (Å²) in [5.74, 6) is 0. The van der Waals surface area contributed by atoms with E-state index in [1.807, 2.05) is 151 Å². The minimum Gasteiger partial charge on any atom is -0.502 e. The quantitative estimate of drug-likeness (QED) is 0.0623. The lowest BCUT2D eigenvalue weighted by Crippen LogP contribution is -2.93. The Bertz CT molecular complexity index is 1540. The van der Waals surface area contributed by atoms with Crippen molar-refractivity contribution < 1.29 is 87.0 Å². The van der Waals surface area contributed by atoms with Gasteiger partial charge in [0.25, 0.3) is 0 Å². The Hall–Kier alpha value is 2.21. The third kappa shape index (κ3) is 16.4. The van der Waals surface area contributed by atoms with Crippen LogP contribution in [0.3, 0.4) is 0 Å². The Kier molecular flexibility index (Phi) is 16.6. The van der Waals surface area contributed by atoms with E-state index in [1.165, 1.54) is 6.26 Å². The summed E-state index contributed by atoms with van der Waals surface area (Å²) in [6.07, 6.45) is 2.00. The Morgan fingerprint density at radius 3 is 0.631 bits per heavy atom. The Morgan fingerprint density at radius 1 is 0.308 bits per heavy atom. The van der Waals surface area contributed by atoms with Crippen LogP contribution in [-0.2, 0) is 87.0 Å². The summed E-state index contributed by atoms with van der Waals surface area (Å²) in [6, 6.07) is 0.539. The first-order valence-corrected chi connectivity index (χ1v) is 62.0. The molecule has 0 amide bonds. The lowest BCUT2D eigenvalue weighted by atomic mass is 10.5. The first-order valence-electron chi connectivity index (χ1n) is 22.0. The molecule has 0 saturated carbocycles. The van der Waals surface area contributed by atoms with Crippen LogP contribution < -0.4 is 0 Å². The van der Waals surface area contributed by atoms with Gasteiger partial charge < -0.3 is 87.0 Å². The van der Waals surface area contributed by atoms with Crippen LogP contribution in [-0.4, -0.2) is 146 Å². The molecule has 6 rings (SSSR count). The molecule has 65 heavy (non-hydrogen) atoms. The van der Waals surface area contributed by atoms with Gasteiger partial charge in [-0.05, 0) is 163 Å². The zero-order valence-corrected chi connectivity index (χ0v) is 59.0. The number of ether oxygens (including phenoxy) is 1. The van der Waals surface area contributed by atoms with Crippen molar-refractivity contribution in [1.29, 1.82) is 0 Å². The molecule has 380 valence electrons. The topological polar surface area (TPSA) is 194 Å². The molecule has 0 atom stereocenters. The average Bonchev–Trinajstić information content (AvgIpc) is 2.87. The highest BCUT2D eigenvalue weighted by molar-refractivity contribution is 7.04. The van der Waals surface area contributed by atoms with E-state index in [-0.39, 0.29) is 0 Å². The van der Waals surface area contributed by atoms with Gasteiger partial charge in [-0.1, -0.05) is 6.58 Å². The third-order valence-electron chi connectivity index (χ3n) is 7.58. The predicted molar refractivity (Wildman–Crippen MR) is 274 cm³/mol. The van der Waals surface area contributed by atoms with Crippen LogP contribution in [0.5, 0.6) is 0 Å². The second-order valence-electron chi connectivity index (χ2n) is 23.7. The van der Waals surface area contributed by atoms with Crippen molar-refractivity contribution in [3.05, 3.63) is 12.8 Å². The summed E-state index contributed by atoms with van der Waals surface area (Å²) >= 11 is 0. The summed E-state index contributed by atoms with van der Waals surface area (Å²) in [5.41, 5.74) is 0. The first-order chi connectivity index (χ1) is 28.7. The number of rotatable bonds is 21. The lowest BCUT2D eigenvalue weighted by molar-refractivity contribution is -0.129. The fourth-order valence-corrected chi connectivity index (χ4v) is 72.3. The Balaban J connectivity index is 2.05. The second kappa shape index (κ2) is 18.5. The molecule has 0 aromatic heterocycles. The maximum atomic E-state index is 7.49. The van der Waals surface area contributed by atoms with Crippen LogP contribution in [0.25, 0.3) is 0 Å². The van der Waals surface area contributed by atoms with Gasteiger partial charge in [0.1, 0.15) is 0 Å². The lowest BCUT2D eigenvalue weighted by Gasteiger charge is -2.60. The number of hydrogen-bond acceptors (Lipinski definition) is 21. The molecule has 0 spiro atoms. The van der Waals surface area contributed by atoms with Crippen LogP contribution >= 0.6 is 0 Å². The van der Waals surface area contributed by atoms with Crippen LogP contribution in [0.4, 0.5) is 0 Å².